The summed E-state index contributed by atoms with van der Waals surface area (Å²) in [5.41, 5.74) is 0.698. The van der Waals surface area contributed by atoms with Crippen LogP contribution in [0.3, 0.4) is 0 Å². The zero-order chi connectivity index (χ0) is 20.4. The van der Waals surface area contributed by atoms with Crippen LogP contribution in [0.25, 0.3) is 6.08 Å². The Hall–Kier alpha value is -3.01. The third-order valence-electron chi connectivity index (χ3n) is 4.75. The number of carbonyl (C=O) groups is 2. The molecule has 0 N–H and O–H groups in total. The fraction of sp³-hybridized carbons (Fsp3) is 0.476. The van der Waals surface area contributed by atoms with Crippen molar-refractivity contribution in [1.82, 2.24) is 4.90 Å². The van der Waals surface area contributed by atoms with Gasteiger partial charge in [0, 0.05) is 19.2 Å². The molecule has 1 fully saturated rings. The molecule has 0 spiro atoms. The Morgan fingerprint density at radius 3 is 2.68 bits per heavy atom. The van der Waals surface area contributed by atoms with E-state index in [2.05, 4.69) is 0 Å². The van der Waals surface area contributed by atoms with Crippen LogP contribution in [-0.2, 0) is 14.3 Å². The molecule has 1 aliphatic carbocycles. The second-order valence-corrected chi connectivity index (χ2v) is 6.59. The van der Waals surface area contributed by atoms with Gasteiger partial charge in [0.25, 0.3) is 5.91 Å². The Morgan fingerprint density at radius 2 is 2.00 bits per heavy atom. The average molecular weight is 386 g/mol. The van der Waals surface area contributed by atoms with Crippen molar-refractivity contribution >= 4 is 18.0 Å². The van der Waals surface area contributed by atoms with E-state index >= 15 is 0 Å². The molecule has 1 saturated carbocycles. The maximum Gasteiger partial charge on any atom is 0.331 e. The second-order valence-electron chi connectivity index (χ2n) is 6.59. The predicted molar refractivity (Wildman–Crippen MR) is 104 cm³/mol. The molecule has 150 valence electrons. The van der Waals surface area contributed by atoms with Crippen LogP contribution in [0.5, 0.6) is 11.5 Å². The van der Waals surface area contributed by atoms with E-state index in [-0.39, 0.29) is 25.2 Å². The molecule has 1 amide bonds. The number of esters is 1. The number of benzene rings is 1. The third kappa shape index (κ3) is 6.31. The molecule has 1 aromatic rings. The quantitative estimate of drug-likeness (QED) is 0.504. The minimum Gasteiger partial charge on any atom is -0.493 e. The molecule has 0 atom stereocenters. The molecule has 7 nitrogen and oxygen atoms in total. The van der Waals surface area contributed by atoms with Crippen LogP contribution in [0.4, 0.5) is 0 Å². The van der Waals surface area contributed by atoms with Crippen molar-refractivity contribution in [2.75, 3.05) is 27.4 Å². The average Bonchev–Trinajstić information content (AvgIpc) is 2.74. The molecular weight excluding hydrogens is 360 g/mol. The molecule has 0 aliphatic heterocycles. The maximum atomic E-state index is 12.2. The van der Waals surface area contributed by atoms with Crippen LogP contribution in [0.15, 0.2) is 24.3 Å². The van der Waals surface area contributed by atoms with Gasteiger partial charge in [-0.1, -0.05) is 25.3 Å². The number of nitriles is 1. The molecule has 7 heteroatoms. The smallest absolute Gasteiger partial charge is 0.331 e. The van der Waals surface area contributed by atoms with Gasteiger partial charge in [-0.3, -0.25) is 4.79 Å². The summed E-state index contributed by atoms with van der Waals surface area (Å²) < 4.78 is 15.5. The fourth-order valence-corrected chi connectivity index (χ4v) is 3.14. The van der Waals surface area contributed by atoms with Crippen molar-refractivity contribution in [2.45, 2.75) is 38.1 Å². The molecule has 28 heavy (non-hydrogen) atoms. The van der Waals surface area contributed by atoms with Crippen LogP contribution in [0.1, 0.15) is 37.7 Å². The summed E-state index contributed by atoms with van der Waals surface area (Å²) in [7, 11) is 3.26. The highest BCUT2D eigenvalue weighted by Gasteiger charge is 2.22. The summed E-state index contributed by atoms with van der Waals surface area (Å²) >= 11 is 0. The zero-order valence-electron chi connectivity index (χ0n) is 16.3. The largest absolute Gasteiger partial charge is 0.493 e. The molecular formula is C21H26N2O5. The van der Waals surface area contributed by atoms with Gasteiger partial charge in [0.2, 0.25) is 0 Å². The van der Waals surface area contributed by atoms with E-state index in [9.17, 15) is 9.59 Å². The summed E-state index contributed by atoms with van der Waals surface area (Å²) in [6.45, 7) is -0.346. The number of rotatable bonds is 8. The van der Waals surface area contributed by atoms with Crippen LogP contribution < -0.4 is 9.47 Å². The summed E-state index contributed by atoms with van der Waals surface area (Å²) in [5, 5.41) is 8.58. The molecule has 1 aliphatic rings. The Labute approximate surface area is 165 Å². The lowest BCUT2D eigenvalue weighted by Gasteiger charge is -2.31. The van der Waals surface area contributed by atoms with E-state index in [1.165, 1.54) is 19.6 Å². The molecule has 0 bridgehead atoms. The summed E-state index contributed by atoms with van der Waals surface area (Å²) in [4.78, 5) is 25.8. The van der Waals surface area contributed by atoms with Crippen LogP contribution in [0, 0.1) is 11.3 Å². The van der Waals surface area contributed by atoms with Gasteiger partial charge >= 0.3 is 5.97 Å². The number of methoxy groups -OCH3 is 1. The monoisotopic (exact) mass is 386 g/mol. The van der Waals surface area contributed by atoms with Crippen LogP contribution >= 0.6 is 0 Å². The van der Waals surface area contributed by atoms with E-state index in [0.717, 1.165) is 25.7 Å². The van der Waals surface area contributed by atoms with Gasteiger partial charge < -0.3 is 19.1 Å². The minimum atomic E-state index is -0.589. The second kappa shape index (κ2) is 11.0. The molecule has 0 unspecified atom stereocenters. The standard InChI is InChI=1S/C21H26N2O5/c1-23(17-6-4-3-5-7-17)20(24)15-28-21(25)11-9-16-8-10-18(27-13-12-22)19(14-16)26-2/h8-11,14,17H,3-7,13,15H2,1-2H3/b11-9+. The van der Waals surface area contributed by atoms with Crippen molar-refractivity contribution in [3.63, 3.8) is 0 Å². The summed E-state index contributed by atoms with van der Waals surface area (Å²) in [6.07, 6.45) is 8.32. The minimum absolute atomic E-state index is 0.0821. The van der Waals surface area contributed by atoms with Gasteiger partial charge in [-0.2, -0.15) is 5.26 Å². The van der Waals surface area contributed by atoms with Gasteiger partial charge in [-0.15, -0.1) is 0 Å². The zero-order valence-corrected chi connectivity index (χ0v) is 16.3. The van der Waals surface area contributed by atoms with Gasteiger partial charge in [0.15, 0.2) is 24.7 Å². The number of hydrogen-bond donors (Lipinski definition) is 0. The summed E-state index contributed by atoms with van der Waals surface area (Å²) in [6, 6.07) is 7.19. The van der Waals surface area contributed by atoms with Crippen molar-refractivity contribution in [2.24, 2.45) is 0 Å². The van der Waals surface area contributed by atoms with Crippen molar-refractivity contribution in [1.29, 1.82) is 5.26 Å². The van der Waals surface area contributed by atoms with E-state index in [1.807, 2.05) is 6.07 Å². The number of carbonyl (C=O) groups excluding carboxylic acids is 2. The van der Waals surface area contributed by atoms with Crippen LogP contribution in [0.2, 0.25) is 0 Å². The molecule has 0 radical (unpaired) electrons. The number of nitrogens with zero attached hydrogens (tertiary/aromatic N) is 2. The van der Waals surface area contributed by atoms with Gasteiger partial charge in [0.05, 0.1) is 7.11 Å². The highest BCUT2D eigenvalue weighted by atomic mass is 16.5. The van der Waals surface area contributed by atoms with E-state index < -0.39 is 5.97 Å². The first-order valence-electron chi connectivity index (χ1n) is 9.33. The maximum absolute atomic E-state index is 12.2. The molecule has 0 heterocycles. The van der Waals surface area contributed by atoms with Crippen molar-refractivity contribution in [3.05, 3.63) is 29.8 Å². The van der Waals surface area contributed by atoms with Crippen molar-refractivity contribution < 1.29 is 23.8 Å². The van der Waals surface area contributed by atoms with Crippen molar-refractivity contribution in [3.8, 4) is 17.6 Å². The lowest BCUT2D eigenvalue weighted by atomic mass is 9.94. The van der Waals surface area contributed by atoms with E-state index in [1.54, 1.807) is 36.2 Å². The van der Waals surface area contributed by atoms with E-state index in [0.29, 0.717) is 17.1 Å². The van der Waals surface area contributed by atoms with Crippen LogP contribution in [-0.4, -0.2) is 50.2 Å². The number of hydrogen-bond acceptors (Lipinski definition) is 6. The normalized spacial score (nSPS) is 14.3. The van der Waals surface area contributed by atoms with E-state index in [4.69, 9.17) is 19.5 Å². The molecule has 0 aromatic heterocycles. The first-order chi connectivity index (χ1) is 13.5. The predicted octanol–water partition coefficient (Wildman–Crippen LogP) is 2.95. The molecule has 1 aromatic carbocycles. The van der Waals surface area contributed by atoms with Gasteiger partial charge in [-0.25, -0.2) is 4.79 Å². The first-order valence-corrected chi connectivity index (χ1v) is 9.33. The number of ether oxygens (including phenoxy) is 3. The Balaban J connectivity index is 1.85. The molecule has 0 saturated heterocycles. The molecule has 2 rings (SSSR count). The van der Waals surface area contributed by atoms with Gasteiger partial charge in [-0.05, 0) is 36.6 Å². The lowest BCUT2D eigenvalue weighted by molar-refractivity contribution is -0.148. The fourth-order valence-electron chi connectivity index (χ4n) is 3.14. The third-order valence-corrected chi connectivity index (χ3v) is 4.75. The highest BCUT2D eigenvalue weighted by molar-refractivity contribution is 5.89. The topological polar surface area (TPSA) is 88.9 Å². The number of amides is 1. The lowest BCUT2D eigenvalue weighted by Crippen LogP contribution is -2.40. The summed E-state index contributed by atoms with van der Waals surface area (Å²) in [5.74, 6) is 0.124. The van der Waals surface area contributed by atoms with Gasteiger partial charge in [0.1, 0.15) is 6.07 Å². The Morgan fingerprint density at radius 1 is 1.25 bits per heavy atom. The Kier molecular flexibility index (Phi) is 8.35. The SMILES string of the molecule is COc1cc(/C=C/C(=O)OCC(=O)N(C)C2CCCCC2)ccc1OCC#N. The first kappa shape index (κ1) is 21.3. The highest BCUT2D eigenvalue weighted by Crippen LogP contribution is 2.28. The number of likely N-dealkylation sites (N-methyl/N-ethyl adjacent to an activating group) is 1. The Bertz CT molecular complexity index is 748.